The lowest BCUT2D eigenvalue weighted by molar-refractivity contribution is -0.140. The summed E-state index contributed by atoms with van der Waals surface area (Å²) < 4.78 is 10.1. The molecule has 1 aliphatic rings. The van der Waals surface area contributed by atoms with E-state index in [1.165, 1.54) is 17.9 Å². The van der Waals surface area contributed by atoms with E-state index in [4.69, 9.17) is 9.15 Å². The van der Waals surface area contributed by atoms with E-state index in [0.717, 1.165) is 12.0 Å². The molecule has 1 aliphatic heterocycles. The largest absolute Gasteiger partial charge is 0.457 e. The van der Waals surface area contributed by atoms with Crippen molar-refractivity contribution < 1.29 is 18.7 Å². The number of benzene rings is 1. The van der Waals surface area contributed by atoms with Gasteiger partial charge in [-0.2, -0.15) is 0 Å². The van der Waals surface area contributed by atoms with E-state index in [-0.39, 0.29) is 11.7 Å². The van der Waals surface area contributed by atoms with Crippen molar-refractivity contribution in [2.45, 2.75) is 26.0 Å². The van der Waals surface area contributed by atoms with Crippen molar-refractivity contribution in [3.8, 4) is 0 Å². The van der Waals surface area contributed by atoms with Gasteiger partial charge in [-0.05, 0) is 36.6 Å². The number of rotatable bonds is 3. The molecule has 5 heteroatoms. The van der Waals surface area contributed by atoms with Crippen LogP contribution >= 0.6 is 0 Å². The molecular formula is C17H17NO4. The van der Waals surface area contributed by atoms with E-state index in [1.54, 1.807) is 17.9 Å². The van der Waals surface area contributed by atoms with Crippen LogP contribution in [0.4, 0.5) is 0 Å². The lowest BCUT2D eigenvalue weighted by Crippen LogP contribution is -2.42. The summed E-state index contributed by atoms with van der Waals surface area (Å²) in [6.45, 7) is 2.78. The Kier molecular flexibility index (Phi) is 3.96. The van der Waals surface area contributed by atoms with Crippen LogP contribution in [-0.2, 0) is 22.5 Å². The molecule has 0 N–H and O–H groups in total. The molecule has 1 aromatic heterocycles. The number of nitrogens with zero attached hydrogens (tertiary/aromatic N) is 1. The smallest absolute Gasteiger partial charge is 0.374 e. The number of amides is 1. The zero-order chi connectivity index (χ0) is 15.5. The molecule has 0 bridgehead atoms. The van der Waals surface area contributed by atoms with Crippen LogP contribution in [0.5, 0.6) is 0 Å². The fraction of sp³-hybridized carbons (Fsp3) is 0.294. The summed E-state index contributed by atoms with van der Waals surface area (Å²) in [6, 6.07) is 11.2. The van der Waals surface area contributed by atoms with Gasteiger partial charge in [0, 0.05) is 13.1 Å². The predicted molar refractivity (Wildman–Crippen MR) is 79.1 cm³/mol. The molecule has 0 aliphatic carbocycles. The molecule has 0 saturated carbocycles. The summed E-state index contributed by atoms with van der Waals surface area (Å²) >= 11 is 0. The Balaban J connectivity index is 1.63. The maximum atomic E-state index is 12.4. The number of hydrogen-bond donors (Lipinski definition) is 0. The van der Waals surface area contributed by atoms with Crippen LogP contribution in [0.2, 0.25) is 0 Å². The highest BCUT2D eigenvalue weighted by Gasteiger charge is 2.27. The van der Waals surface area contributed by atoms with Gasteiger partial charge in [-0.1, -0.05) is 24.3 Å². The lowest BCUT2D eigenvalue weighted by Gasteiger charge is -2.30. The third kappa shape index (κ3) is 2.88. The van der Waals surface area contributed by atoms with Gasteiger partial charge in [0.1, 0.15) is 0 Å². The number of carbonyl (C=O) groups is 2. The van der Waals surface area contributed by atoms with E-state index in [2.05, 4.69) is 6.07 Å². The molecular weight excluding hydrogens is 282 g/mol. The lowest BCUT2D eigenvalue weighted by atomic mass is 9.99. The minimum atomic E-state index is -0.831. The summed E-state index contributed by atoms with van der Waals surface area (Å²) in [5, 5.41) is 0. The number of esters is 1. The van der Waals surface area contributed by atoms with Crippen LogP contribution in [0, 0.1) is 0 Å². The fourth-order valence-corrected chi connectivity index (χ4v) is 2.60. The van der Waals surface area contributed by atoms with Crippen LogP contribution < -0.4 is 0 Å². The Hall–Kier alpha value is -2.56. The van der Waals surface area contributed by atoms with E-state index >= 15 is 0 Å². The van der Waals surface area contributed by atoms with E-state index in [1.807, 2.05) is 18.2 Å². The second kappa shape index (κ2) is 6.05. The van der Waals surface area contributed by atoms with Crippen LogP contribution in [0.1, 0.15) is 28.6 Å². The fourth-order valence-electron chi connectivity index (χ4n) is 2.60. The van der Waals surface area contributed by atoms with E-state index in [9.17, 15) is 9.59 Å². The molecule has 2 aromatic rings. The maximum Gasteiger partial charge on any atom is 0.374 e. The van der Waals surface area contributed by atoms with Crippen molar-refractivity contribution >= 4 is 11.9 Å². The van der Waals surface area contributed by atoms with Gasteiger partial charge in [0.2, 0.25) is 5.76 Å². The molecule has 0 fully saturated rings. The van der Waals surface area contributed by atoms with Gasteiger partial charge in [0.25, 0.3) is 5.91 Å². The molecule has 3 rings (SSSR count). The third-order valence-corrected chi connectivity index (χ3v) is 3.80. The minimum absolute atomic E-state index is 0.101. The van der Waals surface area contributed by atoms with Crippen molar-refractivity contribution in [1.29, 1.82) is 0 Å². The SMILES string of the molecule is C[C@H](OC(=O)c1ccco1)C(=O)N1CCc2ccccc2C1. The van der Waals surface area contributed by atoms with Crippen molar-refractivity contribution in [3.63, 3.8) is 0 Å². The van der Waals surface area contributed by atoms with Gasteiger partial charge >= 0.3 is 5.97 Å². The topological polar surface area (TPSA) is 59.8 Å². The first-order valence-electron chi connectivity index (χ1n) is 7.25. The molecule has 1 atom stereocenters. The van der Waals surface area contributed by atoms with Gasteiger partial charge in [-0.25, -0.2) is 4.79 Å². The van der Waals surface area contributed by atoms with Gasteiger partial charge in [-0.3, -0.25) is 4.79 Å². The number of ether oxygens (including phenoxy) is 1. The van der Waals surface area contributed by atoms with Crippen LogP contribution in [0.3, 0.4) is 0 Å². The second-order valence-corrected chi connectivity index (χ2v) is 5.30. The van der Waals surface area contributed by atoms with Gasteiger partial charge in [0.05, 0.1) is 6.26 Å². The summed E-state index contributed by atoms with van der Waals surface area (Å²) in [6.07, 6.45) is 1.38. The average molecular weight is 299 g/mol. The molecule has 1 aromatic carbocycles. The van der Waals surface area contributed by atoms with Crippen molar-refractivity contribution in [2.24, 2.45) is 0 Å². The number of fused-ring (bicyclic) bond motifs is 1. The highest BCUT2D eigenvalue weighted by molar-refractivity contribution is 5.90. The zero-order valence-electron chi connectivity index (χ0n) is 12.3. The average Bonchev–Trinajstić information content (AvgIpc) is 3.08. The summed E-state index contributed by atoms with van der Waals surface area (Å²) in [5.41, 5.74) is 2.42. The highest BCUT2D eigenvalue weighted by Crippen LogP contribution is 2.19. The molecule has 114 valence electrons. The van der Waals surface area contributed by atoms with Crippen LogP contribution in [0.15, 0.2) is 47.1 Å². The Morgan fingerprint density at radius 3 is 2.68 bits per heavy atom. The molecule has 2 heterocycles. The summed E-state index contributed by atoms with van der Waals surface area (Å²) in [4.78, 5) is 26.0. The first-order chi connectivity index (χ1) is 10.6. The molecule has 1 amide bonds. The normalized spacial score (nSPS) is 15.0. The molecule has 22 heavy (non-hydrogen) atoms. The van der Waals surface area contributed by atoms with Gasteiger partial charge in [0.15, 0.2) is 6.10 Å². The van der Waals surface area contributed by atoms with Gasteiger partial charge < -0.3 is 14.1 Å². The van der Waals surface area contributed by atoms with Crippen LogP contribution in [0.25, 0.3) is 0 Å². The maximum absolute atomic E-state index is 12.4. The van der Waals surface area contributed by atoms with Crippen molar-refractivity contribution in [1.82, 2.24) is 4.90 Å². The molecule has 0 unspecified atom stereocenters. The van der Waals surface area contributed by atoms with E-state index < -0.39 is 12.1 Å². The second-order valence-electron chi connectivity index (χ2n) is 5.30. The quantitative estimate of drug-likeness (QED) is 0.817. The first-order valence-corrected chi connectivity index (χ1v) is 7.25. The van der Waals surface area contributed by atoms with Crippen LogP contribution in [-0.4, -0.2) is 29.4 Å². The zero-order valence-corrected chi connectivity index (χ0v) is 12.3. The third-order valence-electron chi connectivity index (χ3n) is 3.80. The first kappa shape index (κ1) is 14.4. The Morgan fingerprint density at radius 2 is 1.95 bits per heavy atom. The number of furan rings is 1. The Morgan fingerprint density at radius 1 is 1.18 bits per heavy atom. The summed E-state index contributed by atoms with van der Waals surface area (Å²) in [7, 11) is 0. The van der Waals surface area contributed by atoms with Crippen molar-refractivity contribution in [2.75, 3.05) is 6.54 Å². The highest BCUT2D eigenvalue weighted by atomic mass is 16.6. The minimum Gasteiger partial charge on any atom is -0.457 e. The molecule has 0 radical (unpaired) electrons. The number of carbonyl (C=O) groups excluding carboxylic acids is 2. The summed E-state index contributed by atoms with van der Waals surface area (Å²) in [5.74, 6) is -0.707. The van der Waals surface area contributed by atoms with Crippen molar-refractivity contribution in [3.05, 3.63) is 59.5 Å². The molecule has 0 saturated heterocycles. The van der Waals surface area contributed by atoms with Gasteiger partial charge in [-0.15, -0.1) is 0 Å². The Labute approximate surface area is 128 Å². The molecule has 0 spiro atoms. The Bertz CT molecular complexity index is 678. The predicted octanol–water partition coefficient (Wildman–Crippen LogP) is 2.41. The monoisotopic (exact) mass is 299 g/mol. The molecule has 5 nitrogen and oxygen atoms in total. The standard InChI is InChI=1S/C17H17NO4/c1-12(22-17(20)15-7-4-10-21-15)16(19)18-9-8-13-5-2-3-6-14(13)11-18/h2-7,10,12H,8-9,11H2,1H3/t12-/m0/s1. The van der Waals surface area contributed by atoms with E-state index in [0.29, 0.717) is 13.1 Å². The number of hydrogen-bond acceptors (Lipinski definition) is 4.